The third-order valence-corrected chi connectivity index (χ3v) is 2.69. The summed E-state index contributed by atoms with van der Waals surface area (Å²) in [6.07, 6.45) is 2.67. The smallest absolute Gasteiger partial charge is 0.269 e. The number of nitrogens with zero attached hydrogens (tertiary/aromatic N) is 1. The number of rotatable bonds is 5. The van der Waals surface area contributed by atoms with E-state index in [9.17, 15) is 9.90 Å². The van der Waals surface area contributed by atoms with Gasteiger partial charge in [-0.3, -0.25) is 4.79 Å². The summed E-state index contributed by atoms with van der Waals surface area (Å²) in [7, 11) is 0. The molecule has 0 atom stereocenters. The summed E-state index contributed by atoms with van der Waals surface area (Å²) in [4.78, 5) is 11.3. The van der Waals surface area contributed by atoms with Crippen molar-refractivity contribution in [1.82, 2.24) is 4.67 Å². The molecule has 0 spiro atoms. The van der Waals surface area contributed by atoms with Crippen LogP contribution in [0.3, 0.4) is 0 Å². The second kappa shape index (κ2) is 5.52. The summed E-state index contributed by atoms with van der Waals surface area (Å²) in [6.45, 7) is 10.8. The Morgan fingerprint density at radius 2 is 2.07 bits per heavy atom. The predicted octanol–water partition coefficient (Wildman–Crippen LogP) is 2.05. The molecule has 0 aliphatic carbocycles. The Hall–Kier alpha value is -1.34. The molecule has 0 saturated heterocycles. The van der Waals surface area contributed by atoms with E-state index < -0.39 is 0 Å². The minimum absolute atomic E-state index is 0.111. The van der Waals surface area contributed by atoms with Crippen LogP contribution in [0.1, 0.15) is 40.5 Å². The molecule has 3 nitrogen and oxygen atoms in total. The molecule has 0 aliphatic rings. The second-order valence-corrected chi connectivity index (χ2v) is 4.20. The van der Waals surface area contributed by atoms with Gasteiger partial charge in [-0.2, -0.15) is 0 Å². The van der Waals surface area contributed by atoms with Gasteiger partial charge in [0.05, 0.1) is 6.42 Å². The molecule has 0 aromatic heterocycles. The monoisotopic (exact) mass is 210 g/mol. The molecule has 84 valence electrons. The third-order valence-electron chi connectivity index (χ3n) is 2.69. The lowest BCUT2D eigenvalue weighted by Crippen LogP contribution is -2.18. The zero-order valence-corrected chi connectivity index (χ0v) is 10.0. The van der Waals surface area contributed by atoms with E-state index in [-0.39, 0.29) is 17.0 Å². The van der Waals surface area contributed by atoms with Crippen molar-refractivity contribution in [2.24, 2.45) is 5.41 Å². The quantitative estimate of drug-likeness (QED) is 0.327. The molecule has 0 aromatic rings. The van der Waals surface area contributed by atoms with Crippen molar-refractivity contribution >= 4 is 18.7 Å². The van der Waals surface area contributed by atoms with Crippen LogP contribution in [-0.2, 0) is 4.79 Å². The van der Waals surface area contributed by atoms with Gasteiger partial charge in [0.25, 0.3) is 12.9 Å². The molecule has 0 saturated carbocycles. The van der Waals surface area contributed by atoms with E-state index >= 15 is 0 Å². The van der Waals surface area contributed by atoms with Crippen molar-refractivity contribution in [2.45, 2.75) is 40.5 Å². The van der Waals surface area contributed by atoms with Gasteiger partial charge in [0, 0.05) is 6.42 Å². The molecule has 0 radical (unpaired) electrons. The van der Waals surface area contributed by atoms with Crippen LogP contribution < -0.4 is 4.67 Å². The first-order valence-corrected chi connectivity index (χ1v) is 5.07. The minimum atomic E-state index is -0.268. The molecule has 0 aromatic carbocycles. The largest absolute Gasteiger partial charge is 0.504 e. The zero-order valence-electron chi connectivity index (χ0n) is 10.0. The summed E-state index contributed by atoms with van der Waals surface area (Å²) in [6, 6.07) is 0. The summed E-state index contributed by atoms with van der Waals surface area (Å²) < 4.78 is 3.66. The number of hydrogen-bond donors (Lipinski definition) is 1. The van der Waals surface area contributed by atoms with Crippen molar-refractivity contribution in [1.29, 1.82) is 0 Å². The van der Waals surface area contributed by atoms with Gasteiger partial charge in [0.1, 0.15) is 0 Å². The number of carbonyl (C=O) groups is 1. The Kier molecular flexibility index (Phi) is 5.03. The van der Waals surface area contributed by atoms with Crippen molar-refractivity contribution in [3.63, 3.8) is 0 Å². The molecule has 0 bridgehead atoms. The molecule has 15 heavy (non-hydrogen) atoms. The number of aliphatic hydroxyl groups excluding tert-OH is 1. The highest BCUT2D eigenvalue weighted by molar-refractivity contribution is 5.93. The van der Waals surface area contributed by atoms with Gasteiger partial charge >= 0.3 is 0 Å². The fourth-order valence-corrected chi connectivity index (χ4v) is 1.14. The molecular formula is C12H20NO2+. The highest BCUT2D eigenvalue weighted by Crippen LogP contribution is 2.30. The fraction of sp³-hybridized carbons (Fsp3) is 0.583. The van der Waals surface area contributed by atoms with Crippen LogP contribution in [0.2, 0.25) is 0 Å². The average molecular weight is 210 g/mol. The highest BCUT2D eigenvalue weighted by Gasteiger charge is 2.25. The SMILES string of the molecule is C=[N+]=CCC(C)(C)/C(C)=C(/O)C(=O)CC. The van der Waals surface area contributed by atoms with Gasteiger partial charge in [0.15, 0.2) is 11.5 Å². The van der Waals surface area contributed by atoms with E-state index in [0.29, 0.717) is 18.4 Å². The van der Waals surface area contributed by atoms with Crippen molar-refractivity contribution in [2.75, 3.05) is 0 Å². The molecule has 0 rings (SSSR count). The molecule has 1 N–H and O–H groups in total. The number of carbonyl (C=O) groups excluding carboxylic acids is 1. The molecule has 0 heterocycles. The minimum Gasteiger partial charge on any atom is -0.504 e. The maximum Gasteiger partial charge on any atom is 0.269 e. The fourth-order valence-electron chi connectivity index (χ4n) is 1.14. The van der Waals surface area contributed by atoms with E-state index in [1.54, 1.807) is 20.1 Å². The van der Waals surface area contributed by atoms with Crippen LogP contribution in [-0.4, -0.2) is 23.8 Å². The first-order valence-electron chi connectivity index (χ1n) is 5.07. The van der Waals surface area contributed by atoms with Gasteiger partial charge in [-0.15, -0.1) is 4.67 Å². The summed E-state index contributed by atoms with van der Waals surface area (Å²) in [5.41, 5.74) is 0.435. The van der Waals surface area contributed by atoms with E-state index in [1.807, 2.05) is 13.8 Å². The molecule has 0 amide bonds. The molecule has 0 fully saturated rings. The summed E-state index contributed by atoms with van der Waals surface area (Å²) >= 11 is 0. The van der Waals surface area contributed by atoms with Gasteiger partial charge < -0.3 is 5.11 Å². The van der Waals surface area contributed by atoms with Crippen molar-refractivity contribution in [3.8, 4) is 0 Å². The number of Topliss-reactive ketones (excluding diaryl/α,β-unsaturated/α-hetero) is 1. The van der Waals surface area contributed by atoms with E-state index in [4.69, 9.17) is 0 Å². The number of allylic oxidation sites excluding steroid dienone is 2. The maximum atomic E-state index is 11.3. The van der Waals surface area contributed by atoms with E-state index in [0.717, 1.165) is 0 Å². The Labute approximate surface area is 91.3 Å². The van der Waals surface area contributed by atoms with Gasteiger partial charge in [0.2, 0.25) is 0 Å². The second-order valence-electron chi connectivity index (χ2n) is 4.20. The lowest BCUT2D eigenvalue weighted by Gasteiger charge is -2.22. The third kappa shape index (κ3) is 3.72. The van der Waals surface area contributed by atoms with Crippen molar-refractivity contribution in [3.05, 3.63) is 11.3 Å². The van der Waals surface area contributed by atoms with Crippen molar-refractivity contribution < 1.29 is 9.90 Å². The van der Waals surface area contributed by atoms with Crippen LogP contribution in [0.15, 0.2) is 11.3 Å². The average Bonchev–Trinajstić information content (AvgIpc) is 2.23. The Morgan fingerprint density at radius 3 is 2.47 bits per heavy atom. The van der Waals surface area contributed by atoms with Crippen LogP contribution >= 0.6 is 0 Å². The predicted molar refractivity (Wildman–Crippen MR) is 64.3 cm³/mol. The van der Waals surface area contributed by atoms with Crippen LogP contribution in [0.5, 0.6) is 0 Å². The summed E-state index contributed by atoms with van der Waals surface area (Å²) in [5, 5.41) is 9.69. The van der Waals surface area contributed by atoms with E-state index in [2.05, 4.69) is 11.4 Å². The summed E-state index contributed by atoms with van der Waals surface area (Å²) in [5.74, 6) is -0.327. The van der Waals surface area contributed by atoms with Gasteiger partial charge in [-0.05, 0) is 17.9 Å². The van der Waals surface area contributed by atoms with Crippen LogP contribution in [0, 0.1) is 5.41 Å². The Balaban J connectivity index is 5.02. The lowest BCUT2D eigenvalue weighted by molar-refractivity contribution is -0.117. The highest BCUT2D eigenvalue weighted by atomic mass is 16.3. The standard InChI is InChI=1S/C12H19NO2/c1-6-10(14)11(15)9(2)12(3,4)7-8-13-5/h8H,5-7H2,1-4H3/p+1/b11-9+. The zero-order chi connectivity index (χ0) is 12.1. The van der Waals surface area contributed by atoms with Crippen LogP contribution in [0.4, 0.5) is 0 Å². The van der Waals surface area contributed by atoms with Gasteiger partial charge in [-0.25, -0.2) is 0 Å². The molecule has 0 unspecified atom stereocenters. The van der Waals surface area contributed by atoms with Gasteiger partial charge in [-0.1, -0.05) is 20.8 Å². The number of aliphatic hydroxyl groups is 1. The Bertz CT molecular complexity index is 321. The Morgan fingerprint density at radius 1 is 1.53 bits per heavy atom. The molecule has 0 aliphatic heterocycles. The topological polar surface area (TPSA) is 51.4 Å². The number of ketones is 1. The molecular weight excluding hydrogens is 190 g/mol. The van der Waals surface area contributed by atoms with E-state index in [1.165, 1.54) is 0 Å². The normalized spacial score (nSPS) is 12.8. The van der Waals surface area contributed by atoms with Crippen LogP contribution in [0.25, 0.3) is 0 Å². The number of hydrogen-bond acceptors (Lipinski definition) is 2. The first-order chi connectivity index (χ1) is 6.86. The lowest BCUT2D eigenvalue weighted by atomic mass is 9.81. The first kappa shape index (κ1) is 13.7. The molecule has 3 heteroatoms. The maximum absolute atomic E-state index is 11.3.